The third kappa shape index (κ3) is 3.59. The Labute approximate surface area is 135 Å². The van der Waals surface area contributed by atoms with E-state index < -0.39 is 17.6 Å². The van der Waals surface area contributed by atoms with Gasteiger partial charge in [0.1, 0.15) is 5.69 Å². The van der Waals surface area contributed by atoms with Crippen molar-refractivity contribution >= 4 is 23.2 Å². The molecular weight excluding hydrogens is 335 g/mol. The van der Waals surface area contributed by atoms with Gasteiger partial charge in [-0.2, -0.15) is 13.2 Å². The molecule has 0 aromatic carbocycles. The van der Waals surface area contributed by atoms with Gasteiger partial charge in [-0.1, -0.05) is 18.5 Å². The number of hydrogen-bond donors (Lipinski definition) is 2. The molecule has 23 heavy (non-hydrogen) atoms. The van der Waals surface area contributed by atoms with Gasteiger partial charge in [0.05, 0.1) is 16.3 Å². The lowest BCUT2D eigenvalue weighted by Crippen LogP contribution is -2.27. The highest BCUT2D eigenvalue weighted by Crippen LogP contribution is 2.33. The molecule has 5 nitrogen and oxygen atoms in total. The minimum atomic E-state index is -4.58. The molecule has 0 atom stereocenters. The zero-order valence-corrected chi connectivity index (χ0v) is 13.0. The van der Waals surface area contributed by atoms with Crippen molar-refractivity contribution in [2.75, 3.05) is 13.2 Å². The van der Waals surface area contributed by atoms with Gasteiger partial charge >= 0.3 is 6.18 Å². The van der Waals surface area contributed by atoms with Crippen molar-refractivity contribution in [3.63, 3.8) is 0 Å². The lowest BCUT2D eigenvalue weighted by atomic mass is 10.2. The first-order valence-electron chi connectivity index (χ1n) is 6.96. The summed E-state index contributed by atoms with van der Waals surface area (Å²) in [6, 6.07) is 0.788. The number of halogens is 4. The van der Waals surface area contributed by atoms with E-state index in [-0.39, 0.29) is 29.5 Å². The Morgan fingerprint density at radius 1 is 1.48 bits per heavy atom. The van der Waals surface area contributed by atoms with E-state index in [0.29, 0.717) is 18.5 Å². The first-order chi connectivity index (χ1) is 10.8. The van der Waals surface area contributed by atoms with Crippen molar-refractivity contribution in [3.8, 4) is 0 Å². The van der Waals surface area contributed by atoms with Gasteiger partial charge in [0.25, 0.3) is 5.91 Å². The molecular formula is C14H15ClF3N3O2. The van der Waals surface area contributed by atoms with Gasteiger partial charge in [-0.05, 0) is 18.9 Å². The lowest BCUT2D eigenvalue weighted by Gasteiger charge is -2.10. The number of aryl methyl sites for hydroxylation is 1. The minimum Gasteiger partial charge on any atom is -0.396 e. The number of aliphatic hydroxyl groups excluding tert-OH is 1. The molecule has 0 saturated carbocycles. The Bertz CT molecular complexity index is 728. The summed E-state index contributed by atoms with van der Waals surface area (Å²) in [6.45, 7) is 1.85. The van der Waals surface area contributed by atoms with E-state index in [1.807, 2.05) is 0 Å². The number of imidazole rings is 1. The molecule has 0 unspecified atom stereocenters. The largest absolute Gasteiger partial charge is 0.417 e. The van der Waals surface area contributed by atoms with E-state index >= 15 is 0 Å². The van der Waals surface area contributed by atoms with Crippen LogP contribution in [0.5, 0.6) is 0 Å². The number of carbonyl (C=O) groups excluding carboxylic acids is 1. The minimum absolute atomic E-state index is 0.0217. The van der Waals surface area contributed by atoms with Crippen LogP contribution in [0.2, 0.25) is 5.02 Å². The fourth-order valence-corrected chi connectivity index (χ4v) is 2.41. The van der Waals surface area contributed by atoms with E-state index in [4.69, 9.17) is 16.7 Å². The number of fused-ring (bicyclic) bond motifs is 1. The van der Waals surface area contributed by atoms with Crippen molar-refractivity contribution < 1.29 is 23.1 Å². The zero-order chi connectivity index (χ0) is 17.2. The summed E-state index contributed by atoms with van der Waals surface area (Å²) in [7, 11) is 0. The number of amides is 1. The second-order valence-corrected chi connectivity index (χ2v) is 5.27. The Hall–Kier alpha value is -1.80. The molecule has 2 aromatic rings. The quantitative estimate of drug-likeness (QED) is 0.816. The number of aromatic nitrogens is 2. The highest BCUT2D eigenvalue weighted by atomic mass is 35.5. The van der Waals surface area contributed by atoms with Crippen LogP contribution in [-0.2, 0) is 12.6 Å². The number of rotatable bonds is 5. The van der Waals surface area contributed by atoms with Crippen LogP contribution in [0.25, 0.3) is 5.65 Å². The monoisotopic (exact) mass is 349 g/mol. The molecule has 0 radical (unpaired) electrons. The Morgan fingerprint density at radius 2 is 2.17 bits per heavy atom. The van der Waals surface area contributed by atoms with Gasteiger partial charge in [-0.3, -0.25) is 9.20 Å². The van der Waals surface area contributed by atoms with Crippen molar-refractivity contribution in [2.24, 2.45) is 0 Å². The number of alkyl halides is 3. The second kappa shape index (κ2) is 6.76. The van der Waals surface area contributed by atoms with Crippen molar-refractivity contribution in [1.82, 2.24) is 14.7 Å². The third-order valence-corrected chi connectivity index (χ3v) is 3.52. The van der Waals surface area contributed by atoms with Crippen LogP contribution in [0, 0.1) is 0 Å². The number of nitrogens with one attached hydrogen (secondary N) is 1. The summed E-state index contributed by atoms with van der Waals surface area (Å²) < 4.78 is 39.9. The molecule has 0 aliphatic rings. The Morgan fingerprint density at radius 3 is 2.74 bits per heavy atom. The summed E-state index contributed by atoms with van der Waals surface area (Å²) in [4.78, 5) is 16.4. The number of aliphatic hydroxyl groups is 1. The maximum absolute atomic E-state index is 12.9. The van der Waals surface area contributed by atoms with Gasteiger partial charge in [0.15, 0.2) is 5.65 Å². The lowest BCUT2D eigenvalue weighted by molar-refractivity contribution is -0.137. The summed E-state index contributed by atoms with van der Waals surface area (Å²) >= 11 is 5.89. The van der Waals surface area contributed by atoms with Crippen LogP contribution in [0.4, 0.5) is 13.2 Å². The molecule has 0 aliphatic carbocycles. The first kappa shape index (κ1) is 17.6. The van der Waals surface area contributed by atoms with E-state index in [2.05, 4.69) is 10.3 Å². The predicted octanol–water partition coefficient (Wildman–Crippen LogP) is 2.68. The molecule has 126 valence electrons. The van der Waals surface area contributed by atoms with Gasteiger partial charge in [0.2, 0.25) is 0 Å². The molecule has 0 aliphatic heterocycles. The molecule has 9 heteroatoms. The van der Waals surface area contributed by atoms with Crippen molar-refractivity contribution in [2.45, 2.75) is 25.9 Å². The van der Waals surface area contributed by atoms with E-state index in [1.165, 1.54) is 0 Å². The molecule has 2 rings (SSSR count). The van der Waals surface area contributed by atoms with E-state index in [9.17, 15) is 18.0 Å². The smallest absolute Gasteiger partial charge is 0.396 e. The number of pyridine rings is 1. The standard InChI is InChI=1S/C14H15ClF3N3O2/c1-2-10-11(13(23)19-4-3-5-22)21-7-8(14(16,17)18)6-9(15)12(21)20-10/h6-7,22H,2-5H2,1H3,(H,19,23). The molecule has 0 spiro atoms. The van der Waals surface area contributed by atoms with Crippen molar-refractivity contribution in [3.05, 3.63) is 34.2 Å². The third-order valence-electron chi connectivity index (χ3n) is 3.25. The second-order valence-electron chi connectivity index (χ2n) is 4.86. The number of carbonyl (C=O) groups is 1. The average Bonchev–Trinajstić information content (AvgIpc) is 2.85. The van der Waals surface area contributed by atoms with Gasteiger partial charge in [0, 0.05) is 19.3 Å². The molecule has 0 saturated heterocycles. The molecule has 2 N–H and O–H groups in total. The summed E-state index contributed by atoms with van der Waals surface area (Å²) in [5.41, 5.74) is -0.482. The van der Waals surface area contributed by atoms with E-state index in [1.54, 1.807) is 6.92 Å². The Balaban J connectivity index is 2.57. The molecule has 2 aromatic heterocycles. The topological polar surface area (TPSA) is 66.6 Å². The highest BCUT2D eigenvalue weighted by Gasteiger charge is 2.33. The van der Waals surface area contributed by atoms with Gasteiger partial charge < -0.3 is 10.4 Å². The predicted molar refractivity (Wildman–Crippen MR) is 78.6 cm³/mol. The van der Waals surface area contributed by atoms with Crippen LogP contribution in [-0.4, -0.2) is 33.6 Å². The fourth-order valence-electron chi connectivity index (χ4n) is 2.16. The van der Waals surface area contributed by atoms with Crippen LogP contribution >= 0.6 is 11.6 Å². The van der Waals surface area contributed by atoms with Crippen LogP contribution in [0.15, 0.2) is 12.3 Å². The molecule has 1 amide bonds. The van der Waals surface area contributed by atoms with Crippen LogP contribution < -0.4 is 5.32 Å². The first-order valence-corrected chi connectivity index (χ1v) is 7.34. The maximum atomic E-state index is 12.9. The van der Waals surface area contributed by atoms with Crippen molar-refractivity contribution in [1.29, 1.82) is 0 Å². The van der Waals surface area contributed by atoms with E-state index in [0.717, 1.165) is 16.7 Å². The summed E-state index contributed by atoms with van der Waals surface area (Å²) in [5, 5.41) is 11.1. The van der Waals surface area contributed by atoms with Crippen LogP contribution in [0.1, 0.15) is 35.1 Å². The number of hydrogen-bond acceptors (Lipinski definition) is 3. The highest BCUT2D eigenvalue weighted by molar-refractivity contribution is 6.33. The number of nitrogens with zero attached hydrogens (tertiary/aromatic N) is 2. The molecule has 0 bridgehead atoms. The Kier molecular flexibility index (Phi) is 5.16. The summed E-state index contributed by atoms with van der Waals surface area (Å²) in [5.74, 6) is -0.557. The normalized spacial score (nSPS) is 11.9. The molecule has 2 heterocycles. The molecule has 0 fully saturated rings. The fraction of sp³-hybridized carbons (Fsp3) is 0.429. The van der Waals surface area contributed by atoms with Gasteiger partial charge in [-0.25, -0.2) is 4.98 Å². The summed E-state index contributed by atoms with van der Waals surface area (Å²) in [6.07, 6.45) is -3.06. The zero-order valence-electron chi connectivity index (χ0n) is 12.2. The van der Waals surface area contributed by atoms with Crippen LogP contribution in [0.3, 0.4) is 0 Å². The SMILES string of the molecule is CCc1nc2c(Cl)cc(C(F)(F)F)cn2c1C(=O)NCCCO. The maximum Gasteiger partial charge on any atom is 0.417 e. The van der Waals surface area contributed by atoms with Gasteiger partial charge in [-0.15, -0.1) is 0 Å². The average molecular weight is 350 g/mol.